The first kappa shape index (κ1) is 21.8. The lowest BCUT2D eigenvalue weighted by atomic mass is 10.1. The zero-order valence-corrected chi connectivity index (χ0v) is 19.0. The van der Waals surface area contributed by atoms with E-state index in [1.807, 2.05) is 38.1 Å². The SMILES string of the molecule is CCOc1ccc(CN(Cc2ccccc2)Cc2cc(=O)c3cc(C)cc(C)c3[nH]2)cc1. The molecule has 4 aromatic rings. The molecule has 0 aliphatic rings. The Balaban J connectivity index is 1.63. The van der Waals surface area contributed by atoms with Crippen LogP contribution in [0.2, 0.25) is 0 Å². The predicted molar refractivity (Wildman–Crippen MR) is 131 cm³/mol. The summed E-state index contributed by atoms with van der Waals surface area (Å²) in [4.78, 5) is 18.7. The van der Waals surface area contributed by atoms with Crippen molar-refractivity contribution < 1.29 is 4.74 Å². The molecule has 0 atom stereocenters. The van der Waals surface area contributed by atoms with Gasteiger partial charge in [0.2, 0.25) is 0 Å². The van der Waals surface area contributed by atoms with Crippen LogP contribution in [0.4, 0.5) is 0 Å². The van der Waals surface area contributed by atoms with Crippen molar-refractivity contribution in [1.29, 1.82) is 0 Å². The molecule has 32 heavy (non-hydrogen) atoms. The first-order chi connectivity index (χ1) is 15.5. The van der Waals surface area contributed by atoms with Crippen LogP contribution in [0.1, 0.15) is 34.9 Å². The van der Waals surface area contributed by atoms with E-state index in [9.17, 15) is 4.79 Å². The Hall–Kier alpha value is -3.37. The molecular weight excluding hydrogens is 396 g/mol. The van der Waals surface area contributed by atoms with E-state index in [1.165, 1.54) is 11.1 Å². The van der Waals surface area contributed by atoms with E-state index in [4.69, 9.17) is 4.74 Å². The van der Waals surface area contributed by atoms with Crippen LogP contribution in [0.25, 0.3) is 10.9 Å². The maximum absolute atomic E-state index is 12.8. The zero-order valence-electron chi connectivity index (χ0n) is 19.0. The molecule has 1 aromatic heterocycles. The molecule has 4 nitrogen and oxygen atoms in total. The lowest BCUT2D eigenvalue weighted by molar-refractivity contribution is 0.244. The second kappa shape index (κ2) is 9.84. The van der Waals surface area contributed by atoms with Crippen LogP contribution < -0.4 is 10.2 Å². The molecule has 0 fully saturated rings. The van der Waals surface area contributed by atoms with Gasteiger partial charge in [-0.1, -0.05) is 48.5 Å². The minimum atomic E-state index is 0.0706. The van der Waals surface area contributed by atoms with Crippen molar-refractivity contribution in [2.45, 2.75) is 40.4 Å². The molecule has 164 valence electrons. The van der Waals surface area contributed by atoms with E-state index in [2.05, 4.69) is 59.3 Å². The van der Waals surface area contributed by atoms with Crippen LogP contribution in [0.3, 0.4) is 0 Å². The Morgan fingerprint density at radius 3 is 2.22 bits per heavy atom. The minimum Gasteiger partial charge on any atom is -0.494 e. The van der Waals surface area contributed by atoms with Gasteiger partial charge in [-0.2, -0.15) is 0 Å². The highest BCUT2D eigenvalue weighted by Crippen LogP contribution is 2.19. The van der Waals surface area contributed by atoms with Gasteiger partial charge in [-0.3, -0.25) is 9.69 Å². The number of fused-ring (bicyclic) bond motifs is 1. The van der Waals surface area contributed by atoms with Gasteiger partial charge in [0.05, 0.1) is 12.1 Å². The highest BCUT2D eigenvalue weighted by atomic mass is 16.5. The lowest BCUT2D eigenvalue weighted by Crippen LogP contribution is -2.24. The van der Waals surface area contributed by atoms with E-state index in [1.54, 1.807) is 6.07 Å². The van der Waals surface area contributed by atoms with Crippen molar-refractivity contribution in [3.63, 3.8) is 0 Å². The number of aryl methyl sites for hydroxylation is 2. The number of ether oxygens (including phenoxy) is 1. The number of hydrogen-bond donors (Lipinski definition) is 1. The third-order valence-electron chi connectivity index (χ3n) is 5.62. The summed E-state index contributed by atoms with van der Waals surface area (Å²) >= 11 is 0. The van der Waals surface area contributed by atoms with Gasteiger partial charge in [0.1, 0.15) is 5.75 Å². The van der Waals surface area contributed by atoms with Crippen molar-refractivity contribution in [2.75, 3.05) is 6.61 Å². The maximum atomic E-state index is 12.8. The number of pyridine rings is 1. The van der Waals surface area contributed by atoms with Gasteiger partial charge in [-0.25, -0.2) is 0 Å². The van der Waals surface area contributed by atoms with Gasteiger partial charge in [-0.15, -0.1) is 0 Å². The first-order valence-corrected chi connectivity index (χ1v) is 11.1. The third-order valence-corrected chi connectivity index (χ3v) is 5.62. The van der Waals surface area contributed by atoms with E-state index in [-0.39, 0.29) is 5.43 Å². The molecule has 0 aliphatic carbocycles. The summed E-state index contributed by atoms with van der Waals surface area (Å²) in [5.41, 5.74) is 6.58. The molecular formula is C28H30N2O2. The standard InChI is InChI=1S/C28H30N2O2/c1-4-32-25-12-10-23(11-13-25)18-30(17-22-8-6-5-7-9-22)19-24-16-27(31)26-15-20(2)14-21(3)28(26)29-24/h5-16H,4,17-19H2,1-3H3,(H,29,31). The molecule has 4 rings (SSSR count). The Kier molecular flexibility index (Phi) is 6.72. The smallest absolute Gasteiger partial charge is 0.189 e. The van der Waals surface area contributed by atoms with Gasteiger partial charge >= 0.3 is 0 Å². The summed E-state index contributed by atoms with van der Waals surface area (Å²) < 4.78 is 5.58. The predicted octanol–water partition coefficient (Wildman–Crippen LogP) is 5.75. The summed E-state index contributed by atoms with van der Waals surface area (Å²) in [5, 5.41) is 0.757. The molecule has 1 heterocycles. The van der Waals surface area contributed by atoms with E-state index in [0.717, 1.165) is 46.6 Å². The second-order valence-corrected chi connectivity index (χ2v) is 8.37. The summed E-state index contributed by atoms with van der Waals surface area (Å²) in [6, 6.07) is 24.5. The Morgan fingerprint density at radius 2 is 1.53 bits per heavy atom. The van der Waals surface area contributed by atoms with Crippen LogP contribution in [0.5, 0.6) is 5.75 Å². The molecule has 4 heteroatoms. The maximum Gasteiger partial charge on any atom is 0.189 e. The minimum absolute atomic E-state index is 0.0706. The van der Waals surface area contributed by atoms with Gasteiger partial charge < -0.3 is 9.72 Å². The molecule has 0 saturated carbocycles. The van der Waals surface area contributed by atoms with E-state index < -0.39 is 0 Å². The molecule has 0 aliphatic heterocycles. The number of aromatic nitrogens is 1. The highest BCUT2D eigenvalue weighted by Gasteiger charge is 2.12. The Bertz CT molecular complexity index is 1240. The van der Waals surface area contributed by atoms with Crippen LogP contribution >= 0.6 is 0 Å². The fraction of sp³-hybridized carbons (Fsp3) is 0.250. The third kappa shape index (κ3) is 5.27. The fourth-order valence-electron chi connectivity index (χ4n) is 4.21. The Morgan fingerprint density at radius 1 is 0.844 bits per heavy atom. The highest BCUT2D eigenvalue weighted by molar-refractivity contribution is 5.82. The summed E-state index contributed by atoms with van der Waals surface area (Å²) in [7, 11) is 0. The van der Waals surface area contributed by atoms with Crippen molar-refractivity contribution >= 4 is 10.9 Å². The number of benzene rings is 3. The molecule has 0 radical (unpaired) electrons. The van der Waals surface area contributed by atoms with Crippen LogP contribution in [-0.4, -0.2) is 16.5 Å². The fourth-order valence-corrected chi connectivity index (χ4v) is 4.21. The van der Waals surface area contributed by atoms with Crippen molar-refractivity contribution in [3.05, 3.63) is 111 Å². The summed E-state index contributed by atoms with van der Waals surface area (Å²) in [6.45, 7) is 8.95. The molecule has 0 unspecified atom stereocenters. The molecule has 0 saturated heterocycles. The van der Waals surface area contributed by atoms with Crippen LogP contribution in [0, 0.1) is 13.8 Å². The number of H-pyrrole nitrogens is 1. The Labute approximate surface area is 189 Å². The summed E-state index contributed by atoms with van der Waals surface area (Å²) in [6.07, 6.45) is 0. The number of aromatic amines is 1. The molecule has 0 bridgehead atoms. The van der Waals surface area contributed by atoms with Crippen LogP contribution in [0.15, 0.2) is 77.6 Å². The van der Waals surface area contributed by atoms with Crippen molar-refractivity contribution in [1.82, 2.24) is 9.88 Å². The summed E-state index contributed by atoms with van der Waals surface area (Å²) in [5.74, 6) is 0.885. The molecule has 0 spiro atoms. The van der Waals surface area contributed by atoms with Gasteiger partial charge in [0.25, 0.3) is 0 Å². The number of rotatable bonds is 8. The number of nitrogens with zero attached hydrogens (tertiary/aromatic N) is 1. The van der Waals surface area contributed by atoms with E-state index in [0.29, 0.717) is 13.2 Å². The zero-order chi connectivity index (χ0) is 22.5. The van der Waals surface area contributed by atoms with E-state index >= 15 is 0 Å². The molecule has 1 N–H and O–H groups in total. The van der Waals surface area contributed by atoms with Gasteiger partial charge in [0.15, 0.2) is 5.43 Å². The monoisotopic (exact) mass is 426 g/mol. The number of nitrogens with one attached hydrogen (secondary N) is 1. The average molecular weight is 427 g/mol. The lowest BCUT2D eigenvalue weighted by Gasteiger charge is -2.23. The molecule has 3 aromatic carbocycles. The quantitative estimate of drug-likeness (QED) is 0.390. The average Bonchev–Trinajstić information content (AvgIpc) is 2.77. The topological polar surface area (TPSA) is 45.3 Å². The van der Waals surface area contributed by atoms with Crippen LogP contribution in [-0.2, 0) is 19.6 Å². The van der Waals surface area contributed by atoms with Gasteiger partial charge in [-0.05, 0) is 61.2 Å². The normalized spacial score (nSPS) is 11.2. The van der Waals surface area contributed by atoms with Gasteiger partial charge in [0, 0.05) is 36.8 Å². The first-order valence-electron chi connectivity index (χ1n) is 11.1. The van der Waals surface area contributed by atoms with Crippen molar-refractivity contribution in [3.8, 4) is 5.75 Å². The van der Waals surface area contributed by atoms with Crippen molar-refractivity contribution in [2.24, 2.45) is 0 Å². The number of hydrogen-bond acceptors (Lipinski definition) is 3. The second-order valence-electron chi connectivity index (χ2n) is 8.37. The largest absolute Gasteiger partial charge is 0.494 e. The molecule has 0 amide bonds.